The molecular weight excluding hydrogens is 1530 g/mol. The lowest BCUT2D eigenvalue weighted by Gasteiger charge is -2.43. The monoisotopic (exact) mass is 1660 g/mol. The van der Waals surface area contributed by atoms with E-state index in [4.69, 9.17) is 29.4 Å². The van der Waals surface area contributed by atoms with Crippen LogP contribution in [0.4, 0.5) is 21.0 Å². The number of likely N-dealkylation sites (N-methyl/N-ethyl adjacent to an activating group) is 2. The van der Waals surface area contributed by atoms with E-state index >= 15 is 4.79 Å². The van der Waals surface area contributed by atoms with E-state index in [-0.39, 0.29) is 174 Å². The highest BCUT2D eigenvalue weighted by Gasteiger charge is 2.45. The van der Waals surface area contributed by atoms with E-state index in [1.54, 1.807) is 86.7 Å². The summed E-state index contributed by atoms with van der Waals surface area (Å²) >= 11 is 1.54. The molecule has 27 heteroatoms. The Morgan fingerprint density at radius 1 is 0.630 bits per heavy atom. The van der Waals surface area contributed by atoms with Gasteiger partial charge in [-0.25, -0.2) is 14.6 Å². The number of hydrogen-bond donors (Lipinski definition) is 5. The zero-order chi connectivity index (χ0) is 86.1. The first-order valence-corrected chi connectivity index (χ1v) is 43.2. The largest absolute Gasteiger partial charge is 0.445 e. The minimum Gasteiger partial charge on any atom is -0.445 e. The van der Waals surface area contributed by atoms with E-state index < -0.39 is 72.0 Å². The normalized spacial score (nSPS) is 16.3. The third-order valence-corrected chi connectivity index (χ3v) is 24.1. The molecule has 119 heavy (non-hydrogen) atoms. The van der Waals surface area contributed by atoms with Crippen molar-refractivity contribution in [2.75, 3.05) is 84.6 Å². The zero-order valence-corrected chi connectivity index (χ0v) is 72.2. The maximum Gasteiger partial charge on any atom is 0.410 e. The van der Waals surface area contributed by atoms with Crippen LogP contribution in [0.25, 0.3) is 0 Å². The second kappa shape index (κ2) is 48.5. The summed E-state index contributed by atoms with van der Waals surface area (Å²) < 4.78 is 29.6. The first kappa shape index (κ1) is 94.8. The van der Waals surface area contributed by atoms with Gasteiger partial charge in [-0.05, 0) is 122 Å². The summed E-state index contributed by atoms with van der Waals surface area (Å²) in [5.41, 5.74) is 10.7. The van der Waals surface area contributed by atoms with E-state index in [0.717, 1.165) is 71.5 Å². The lowest BCUT2D eigenvalue weighted by Crippen LogP contribution is -2.55. The second-order valence-electron chi connectivity index (χ2n) is 32.8. The number of likely N-dealkylation sites (tertiary alicyclic amines) is 1. The third-order valence-electron chi connectivity index (χ3n) is 23.2. The molecule has 1 saturated carbocycles. The fourth-order valence-electron chi connectivity index (χ4n) is 16.7. The molecule has 1 aliphatic carbocycles. The SMILES string of the molecule is CO[C@H]([C@@H](C)C(=O)C[C@@H](Cc1ccccc1)c1nccs1)[C@@H]1CCCN1C(=O)C[C@@H](OC)[C@H](C1CCCCC1)N(C)C(=O)[C@@H](CC(=O)[C@H](C(C)C)N(C)C(=O)OCc1ccc(NC(=O)C(CCCNC(N)=O)CC(=O)[C@@H](NC(=O)CCOCCOCCNC(=O)CCCC(=O)N2Cc3ccccc3C#Cc3ccccc32)C(C)C)cc1)C(C)C. The molecule has 26 nitrogen and oxygen atoms in total. The number of benzene rings is 4. The third kappa shape index (κ3) is 28.7. The number of fused-ring (bicyclic) bond motifs is 2. The second-order valence-corrected chi connectivity index (χ2v) is 33.7. The predicted octanol–water partition coefficient (Wildman–Crippen LogP) is 12.2. The number of ketones is 3. The van der Waals surface area contributed by atoms with Crippen molar-refractivity contribution in [3.05, 3.63) is 148 Å². The number of hydrogen-bond acceptors (Lipinski definition) is 18. The molecule has 1 aromatic heterocycles. The minimum absolute atomic E-state index is 0.00888. The molecule has 8 rings (SSSR count). The molecule has 646 valence electrons. The Bertz CT molecular complexity index is 4200. The summed E-state index contributed by atoms with van der Waals surface area (Å²) in [5, 5.41) is 13.9. The number of aromatic nitrogens is 1. The van der Waals surface area contributed by atoms with Gasteiger partial charge in [0.15, 0.2) is 11.6 Å². The van der Waals surface area contributed by atoms with Crippen LogP contribution in [-0.4, -0.2) is 195 Å². The number of methoxy groups -OCH3 is 2. The molecule has 9 amide bonds. The lowest BCUT2D eigenvalue weighted by molar-refractivity contribution is -0.150. The summed E-state index contributed by atoms with van der Waals surface area (Å²) in [6.07, 6.45) is 7.45. The highest BCUT2D eigenvalue weighted by atomic mass is 32.1. The number of nitrogens with two attached hydrogens (primary N) is 1. The standard InChI is InChI=1S/C92H126N10O16S/c1-60(2)73(90(111)99(8)86(68-29-16-13-17-30-68)79(114-10)57-83(109)101-47-24-34-75(101)87(115-11)63(7)76(103)55-71(89-95-46-52-119-89)53-64-25-14-12-15-26-64)56-78(105)85(62(5)6)100(9)92(113)118-59-65-37-41-72(42-38-65)97-88(110)69(32-23-44-96-91(93)112)54-77(104)84(61(3)4)98-81(107)43-48-116-50-51-117-49-45-94-80(106)35-22-36-82(108)102-58-70-31-19-18-27-66(70)39-40-67-28-20-21-33-74(67)102/h12,14-15,18-21,25-28,31,33,37-38,41-42,46,52,60-63,68-69,71,73,75,79,84-87H,13,16-17,22-24,29-30,32,34-36,43-45,47-51,53-59H2,1-11H3,(H,94,106)(H,97,110)(H,98,107)(H3,93,96,112)/t63-,69?,71+,73-,75-,79+,84-,85-,86-,87+/m0/s1. The molecule has 3 aliphatic rings. The average molecular weight is 1660 g/mol. The van der Waals surface area contributed by atoms with Gasteiger partial charge in [0.1, 0.15) is 12.4 Å². The number of carbonyl (C=O) groups is 11. The smallest absolute Gasteiger partial charge is 0.410 e. The Hall–Kier alpha value is -9.72. The lowest BCUT2D eigenvalue weighted by atomic mass is 9.79. The van der Waals surface area contributed by atoms with Crippen LogP contribution in [-0.2, 0) is 86.4 Å². The molecule has 4 aromatic carbocycles. The number of nitrogens with one attached hydrogen (secondary N) is 4. The van der Waals surface area contributed by atoms with Crippen LogP contribution in [0.15, 0.2) is 115 Å². The van der Waals surface area contributed by atoms with E-state index in [1.165, 1.54) is 11.9 Å². The predicted molar refractivity (Wildman–Crippen MR) is 457 cm³/mol. The highest BCUT2D eigenvalue weighted by molar-refractivity contribution is 7.09. The van der Waals surface area contributed by atoms with Crippen molar-refractivity contribution in [2.45, 2.75) is 219 Å². The van der Waals surface area contributed by atoms with Crippen molar-refractivity contribution in [1.29, 1.82) is 0 Å². The van der Waals surface area contributed by atoms with Gasteiger partial charge in [0.05, 0.1) is 86.5 Å². The molecule has 5 aromatic rings. The van der Waals surface area contributed by atoms with Crippen LogP contribution in [0, 0.1) is 53.3 Å². The molecular formula is C92H126N10O16S. The van der Waals surface area contributed by atoms with E-state index in [1.807, 2.05) is 112 Å². The number of amides is 9. The number of Topliss-reactive ketones (excluding diaryl/α,β-unsaturated/α-hetero) is 3. The molecule has 6 N–H and O–H groups in total. The van der Waals surface area contributed by atoms with Gasteiger partial charge < -0.3 is 70.3 Å². The highest BCUT2D eigenvalue weighted by Crippen LogP contribution is 2.38. The Morgan fingerprint density at radius 3 is 1.99 bits per heavy atom. The number of primary amides is 1. The van der Waals surface area contributed by atoms with Crippen LogP contribution in [0.3, 0.4) is 0 Å². The first-order chi connectivity index (χ1) is 57.2. The Morgan fingerprint density at radius 2 is 1.32 bits per heavy atom. The molecule has 2 fully saturated rings. The summed E-state index contributed by atoms with van der Waals surface area (Å²) in [7, 11) is 6.45. The maximum absolute atomic E-state index is 15.2. The van der Waals surface area contributed by atoms with Crippen molar-refractivity contribution in [3.63, 3.8) is 0 Å². The number of urea groups is 1. The maximum atomic E-state index is 15.2. The van der Waals surface area contributed by atoms with Crippen molar-refractivity contribution in [1.82, 2.24) is 35.6 Å². The molecule has 10 atom stereocenters. The van der Waals surface area contributed by atoms with Gasteiger partial charge in [-0.1, -0.05) is 152 Å². The van der Waals surface area contributed by atoms with Crippen molar-refractivity contribution in [2.24, 2.45) is 47.2 Å². The van der Waals surface area contributed by atoms with Crippen molar-refractivity contribution in [3.8, 4) is 11.8 Å². The average Bonchev–Trinajstić information content (AvgIpc) is 1.78. The van der Waals surface area contributed by atoms with Gasteiger partial charge in [0.25, 0.3) is 0 Å². The van der Waals surface area contributed by atoms with Gasteiger partial charge in [0.2, 0.25) is 35.4 Å². The van der Waals surface area contributed by atoms with Crippen LogP contribution < -0.4 is 31.9 Å². The van der Waals surface area contributed by atoms with Gasteiger partial charge in [-0.2, -0.15) is 0 Å². The van der Waals surface area contributed by atoms with Gasteiger partial charge in [-0.3, -0.25) is 43.2 Å². The first-order valence-electron chi connectivity index (χ1n) is 42.3. The number of para-hydroxylation sites is 1. The number of ether oxygens (including phenoxy) is 5. The van der Waals surface area contributed by atoms with Crippen LogP contribution in [0.2, 0.25) is 0 Å². The van der Waals surface area contributed by atoms with E-state index in [0.29, 0.717) is 50.0 Å². The van der Waals surface area contributed by atoms with Crippen LogP contribution >= 0.6 is 11.3 Å². The number of thiazole rings is 1. The van der Waals surface area contributed by atoms with Gasteiger partial charge in [-0.15, -0.1) is 11.3 Å². The molecule has 0 spiro atoms. The number of nitrogens with zero attached hydrogens (tertiary/aromatic N) is 5. The van der Waals surface area contributed by atoms with Crippen LogP contribution in [0.1, 0.15) is 196 Å². The topological polar surface area (TPSA) is 334 Å². The summed E-state index contributed by atoms with van der Waals surface area (Å²) in [4.78, 5) is 164. The number of carbonyl (C=O) groups excluding carboxylic acids is 11. The summed E-state index contributed by atoms with van der Waals surface area (Å²) in [6.45, 7) is 14.6. The van der Waals surface area contributed by atoms with E-state index in [9.17, 15) is 47.9 Å². The van der Waals surface area contributed by atoms with Crippen molar-refractivity contribution >= 4 is 87.6 Å². The molecule has 1 saturated heterocycles. The fraction of sp³-hybridized carbons (Fsp3) is 0.565. The molecule has 2 aliphatic heterocycles. The Balaban J connectivity index is 0.777. The van der Waals surface area contributed by atoms with Gasteiger partial charge >= 0.3 is 12.1 Å². The summed E-state index contributed by atoms with van der Waals surface area (Å²) in [5.74, 6) is 0.871. The van der Waals surface area contributed by atoms with Crippen molar-refractivity contribution < 1.29 is 76.4 Å². The minimum atomic E-state index is -0.965. The number of rotatable bonds is 48. The molecule has 1 unspecified atom stereocenters. The summed E-state index contributed by atoms with van der Waals surface area (Å²) in [6, 6.07) is 28.5. The quantitative estimate of drug-likeness (QED) is 0.0178. The van der Waals surface area contributed by atoms with Crippen LogP contribution in [0.5, 0.6) is 0 Å². The number of anilines is 2. The Labute approximate surface area is 706 Å². The molecule has 0 radical (unpaired) electrons. The zero-order valence-electron chi connectivity index (χ0n) is 71.4. The fourth-order valence-corrected chi connectivity index (χ4v) is 17.4. The van der Waals surface area contributed by atoms with E-state index in [2.05, 4.69) is 50.2 Å². The molecule has 0 bridgehead atoms. The Kier molecular flexibility index (Phi) is 38.6. The van der Waals surface area contributed by atoms with Gasteiger partial charge in [0, 0.05) is 139 Å². The molecule has 3 heterocycles.